The molecule has 0 aliphatic heterocycles. The maximum absolute atomic E-state index is 6.50. The maximum atomic E-state index is 6.50. The van der Waals surface area contributed by atoms with Gasteiger partial charge in [0.05, 0.1) is 0 Å². The largest absolute Gasteiger partial charge is 0.326 e. The third kappa shape index (κ3) is 3.82. The Kier molecular flexibility index (Phi) is 7.73. The summed E-state index contributed by atoms with van der Waals surface area (Å²) in [4.78, 5) is 2.53. The number of rotatable bonds is 9. The van der Waals surface area contributed by atoms with Crippen LogP contribution in [0.5, 0.6) is 0 Å². The lowest BCUT2D eigenvalue weighted by atomic mass is 9.80. The molecule has 0 rings (SSSR count). The number of hydrogen-bond acceptors (Lipinski definition) is 2. The maximum Gasteiger partial charge on any atom is 0.0358 e. The second kappa shape index (κ2) is 7.88. The van der Waals surface area contributed by atoms with Gasteiger partial charge in [0, 0.05) is 11.6 Å². The van der Waals surface area contributed by atoms with E-state index in [0.29, 0.717) is 0 Å². The van der Waals surface area contributed by atoms with Gasteiger partial charge in [0.15, 0.2) is 0 Å². The van der Waals surface area contributed by atoms with Crippen LogP contribution in [0.25, 0.3) is 0 Å². The van der Waals surface area contributed by atoms with Crippen molar-refractivity contribution in [3.8, 4) is 0 Å². The predicted molar refractivity (Wildman–Crippen MR) is 78.3 cm³/mol. The summed E-state index contributed by atoms with van der Waals surface area (Å²) in [6, 6.07) is 0.199. The molecule has 0 aliphatic rings. The monoisotopic (exact) mass is 240 g/mol. The summed E-state index contributed by atoms with van der Waals surface area (Å²) in [7, 11) is 0. The van der Waals surface area contributed by atoms with E-state index in [9.17, 15) is 0 Å². The molecule has 1 unspecified atom stereocenters. The van der Waals surface area contributed by atoms with Crippen molar-refractivity contribution in [3.63, 3.8) is 0 Å². The summed E-state index contributed by atoms with van der Waals surface area (Å²) in [5.74, 6) is 0. The first-order valence-electron chi connectivity index (χ1n) is 7.19. The van der Waals surface area contributed by atoms with Gasteiger partial charge in [0.25, 0.3) is 0 Å². The van der Waals surface area contributed by atoms with Gasteiger partial charge in [-0.3, -0.25) is 4.90 Å². The van der Waals surface area contributed by atoms with Crippen molar-refractivity contribution in [2.45, 2.75) is 71.9 Å². The first-order valence-corrected chi connectivity index (χ1v) is 7.19. The van der Waals surface area contributed by atoms with Gasteiger partial charge in [0.1, 0.15) is 0 Å². The highest BCUT2D eigenvalue weighted by Gasteiger charge is 2.37. The van der Waals surface area contributed by atoms with Gasteiger partial charge in [-0.2, -0.15) is 0 Å². The molecule has 0 aromatic carbocycles. The Morgan fingerprint density at radius 2 is 1.59 bits per heavy atom. The van der Waals surface area contributed by atoms with Crippen LogP contribution < -0.4 is 5.73 Å². The summed E-state index contributed by atoms with van der Waals surface area (Å²) < 4.78 is 0. The standard InChI is InChI=1S/C15H32N2/c1-7-13(6)12-14(16)15(8-2,9-3)17(10-4)11-5/h14H,6-12,16H2,1-5H3. The van der Waals surface area contributed by atoms with Crippen LogP contribution in [-0.4, -0.2) is 29.6 Å². The zero-order valence-corrected chi connectivity index (χ0v) is 12.6. The van der Waals surface area contributed by atoms with Crippen molar-refractivity contribution in [1.82, 2.24) is 4.90 Å². The minimum absolute atomic E-state index is 0.140. The van der Waals surface area contributed by atoms with Crippen LogP contribution in [0.4, 0.5) is 0 Å². The quantitative estimate of drug-likeness (QED) is 0.624. The molecule has 2 heteroatoms. The average molecular weight is 240 g/mol. The SMILES string of the molecule is C=C(CC)CC(N)C(CC)(CC)N(CC)CC. The zero-order chi connectivity index (χ0) is 13.5. The Hall–Kier alpha value is -0.340. The third-order valence-electron chi connectivity index (χ3n) is 4.32. The smallest absolute Gasteiger partial charge is 0.0358 e. The van der Waals surface area contributed by atoms with E-state index in [0.717, 1.165) is 38.8 Å². The lowest BCUT2D eigenvalue weighted by Gasteiger charge is -2.47. The molecular weight excluding hydrogens is 208 g/mol. The lowest BCUT2D eigenvalue weighted by Crippen LogP contribution is -2.59. The van der Waals surface area contributed by atoms with Gasteiger partial charge in [-0.15, -0.1) is 0 Å². The Bertz CT molecular complexity index is 215. The topological polar surface area (TPSA) is 29.3 Å². The molecule has 102 valence electrons. The van der Waals surface area contributed by atoms with E-state index in [1.165, 1.54) is 5.57 Å². The fourth-order valence-corrected chi connectivity index (χ4v) is 2.95. The average Bonchev–Trinajstić information content (AvgIpc) is 2.35. The molecular formula is C15H32N2. The molecule has 17 heavy (non-hydrogen) atoms. The number of hydrogen-bond donors (Lipinski definition) is 1. The van der Waals surface area contributed by atoms with E-state index in [-0.39, 0.29) is 11.6 Å². The number of nitrogens with two attached hydrogens (primary N) is 1. The van der Waals surface area contributed by atoms with Crippen LogP contribution in [0.2, 0.25) is 0 Å². The summed E-state index contributed by atoms with van der Waals surface area (Å²) in [6.07, 6.45) is 4.22. The molecule has 0 bridgehead atoms. The Morgan fingerprint density at radius 1 is 1.12 bits per heavy atom. The van der Waals surface area contributed by atoms with Crippen LogP contribution in [0.15, 0.2) is 12.2 Å². The Morgan fingerprint density at radius 3 is 1.88 bits per heavy atom. The van der Waals surface area contributed by atoms with Crippen LogP contribution in [0.1, 0.15) is 60.3 Å². The summed E-state index contributed by atoms with van der Waals surface area (Å²) in [5.41, 5.74) is 7.91. The van der Waals surface area contributed by atoms with Gasteiger partial charge in [-0.05, 0) is 38.8 Å². The van der Waals surface area contributed by atoms with Gasteiger partial charge in [0.2, 0.25) is 0 Å². The Labute approximate surface area is 108 Å². The molecule has 2 N–H and O–H groups in total. The molecule has 2 nitrogen and oxygen atoms in total. The molecule has 0 aromatic rings. The van der Waals surface area contributed by atoms with Crippen LogP contribution in [0.3, 0.4) is 0 Å². The van der Waals surface area contributed by atoms with Gasteiger partial charge in [-0.1, -0.05) is 46.8 Å². The minimum Gasteiger partial charge on any atom is -0.326 e. The van der Waals surface area contributed by atoms with Crippen molar-refractivity contribution < 1.29 is 0 Å². The second-order valence-corrected chi connectivity index (χ2v) is 4.90. The first-order chi connectivity index (χ1) is 8.02. The zero-order valence-electron chi connectivity index (χ0n) is 12.6. The summed E-state index contributed by atoms with van der Waals surface area (Å²) in [5, 5.41) is 0. The van der Waals surface area contributed by atoms with E-state index >= 15 is 0 Å². The van der Waals surface area contributed by atoms with E-state index in [1.807, 2.05) is 0 Å². The predicted octanol–water partition coefficient (Wildman–Crippen LogP) is 3.57. The number of likely N-dealkylation sites (N-methyl/N-ethyl adjacent to an activating group) is 1. The highest BCUT2D eigenvalue weighted by molar-refractivity contribution is 5.05. The fraction of sp³-hybridized carbons (Fsp3) is 0.867. The number of nitrogens with zero attached hydrogens (tertiary/aromatic N) is 1. The summed E-state index contributed by atoms with van der Waals surface area (Å²) in [6.45, 7) is 17.4. The molecule has 0 saturated carbocycles. The molecule has 0 heterocycles. The van der Waals surface area contributed by atoms with Crippen LogP contribution in [-0.2, 0) is 0 Å². The van der Waals surface area contributed by atoms with Crippen LogP contribution in [0, 0.1) is 0 Å². The highest BCUT2D eigenvalue weighted by atomic mass is 15.2. The van der Waals surface area contributed by atoms with Crippen molar-refractivity contribution in [2.75, 3.05) is 13.1 Å². The van der Waals surface area contributed by atoms with E-state index in [1.54, 1.807) is 0 Å². The minimum atomic E-state index is 0.140. The second-order valence-electron chi connectivity index (χ2n) is 4.90. The lowest BCUT2D eigenvalue weighted by molar-refractivity contribution is 0.0627. The van der Waals surface area contributed by atoms with Gasteiger partial charge >= 0.3 is 0 Å². The van der Waals surface area contributed by atoms with Crippen molar-refractivity contribution in [3.05, 3.63) is 12.2 Å². The van der Waals surface area contributed by atoms with Crippen molar-refractivity contribution >= 4 is 0 Å². The summed E-state index contributed by atoms with van der Waals surface area (Å²) >= 11 is 0. The molecule has 0 radical (unpaired) electrons. The molecule has 0 aliphatic carbocycles. The fourth-order valence-electron chi connectivity index (χ4n) is 2.95. The van der Waals surface area contributed by atoms with Crippen molar-refractivity contribution in [2.24, 2.45) is 5.73 Å². The normalized spacial score (nSPS) is 14.1. The van der Waals surface area contributed by atoms with E-state index < -0.39 is 0 Å². The molecule has 0 saturated heterocycles. The molecule has 1 atom stereocenters. The molecule has 0 amide bonds. The molecule has 0 fully saturated rings. The van der Waals surface area contributed by atoms with E-state index in [4.69, 9.17) is 5.73 Å². The Balaban J connectivity index is 4.96. The van der Waals surface area contributed by atoms with E-state index in [2.05, 4.69) is 46.1 Å². The highest BCUT2D eigenvalue weighted by Crippen LogP contribution is 2.30. The third-order valence-corrected chi connectivity index (χ3v) is 4.32. The first kappa shape index (κ1) is 16.7. The van der Waals surface area contributed by atoms with Crippen LogP contribution >= 0.6 is 0 Å². The molecule has 0 aromatic heterocycles. The van der Waals surface area contributed by atoms with Gasteiger partial charge < -0.3 is 5.73 Å². The van der Waals surface area contributed by atoms with Crippen molar-refractivity contribution in [1.29, 1.82) is 0 Å². The molecule has 0 spiro atoms. The van der Waals surface area contributed by atoms with Gasteiger partial charge in [-0.25, -0.2) is 0 Å².